The highest BCUT2D eigenvalue weighted by Gasteiger charge is 2.19. The van der Waals surface area contributed by atoms with E-state index in [0.717, 1.165) is 122 Å². The second-order valence-corrected chi connectivity index (χ2v) is 21.3. The molecule has 440 valence electrons. The Hall–Kier alpha value is -3.93. The molecule has 0 saturated carbocycles. The van der Waals surface area contributed by atoms with Crippen LogP contribution in [-0.2, 0) is 28.6 Å². The van der Waals surface area contributed by atoms with Crippen molar-refractivity contribution in [1.82, 2.24) is 0 Å². The first-order valence-electron chi connectivity index (χ1n) is 32.4. The van der Waals surface area contributed by atoms with E-state index in [2.05, 4.69) is 130 Å². The van der Waals surface area contributed by atoms with Gasteiger partial charge in [0, 0.05) is 19.3 Å². The Labute approximate surface area is 476 Å². The van der Waals surface area contributed by atoms with Crippen molar-refractivity contribution < 1.29 is 28.6 Å². The maximum absolute atomic E-state index is 12.8. The average molecular weight is 1070 g/mol. The molecule has 1 atom stereocenters. The first-order valence-corrected chi connectivity index (χ1v) is 32.4. The number of carbonyl (C=O) groups is 3. The smallest absolute Gasteiger partial charge is 0.306 e. The van der Waals surface area contributed by atoms with E-state index in [9.17, 15) is 14.4 Å². The zero-order valence-electron chi connectivity index (χ0n) is 50.4. The van der Waals surface area contributed by atoms with E-state index in [1.807, 2.05) is 0 Å². The first kappa shape index (κ1) is 73.1. The Bertz CT molecular complexity index is 1560. The van der Waals surface area contributed by atoms with Gasteiger partial charge in [-0.15, -0.1) is 0 Å². The molecule has 1 unspecified atom stereocenters. The van der Waals surface area contributed by atoms with E-state index >= 15 is 0 Å². The Morgan fingerprint density at radius 3 is 0.792 bits per heavy atom. The summed E-state index contributed by atoms with van der Waals surface area (Å²) in [6, 6.07) is 0. The summed E-state index contributed by atoms with van der Waals surface area (Å²) in [4.78, 5) is 38.0. The van der Waals surface area contributed by atoms with E-state index in [1.54, 1.807) is 0 Å². The van der Waals surface area contributed by atoms with Crippen LogP contribution in [0.4, 0.5) is 0 Å². The van der Waals surface area contributed by atoms with Gasteiger partial charge in [-0.3, -0.25) is 14.4 Å². The highest BCUT2D eigenvalue weighted by molar-refractivity contribution is 5.71. The lowest BCUT2D eigenvalue weighted by Crippen LogP contribution is -2.30. The van der Waals surface area contributed by atoms with Crippen molar-refractivity contribution in [2.45, 2.75) is 309 Å². The molecule has 0 aromatic heterocycles. The predicted octanol–water partition coefficient (Wildman–Crippen LogP) is 22.2. The minimum Gasteiger partial charge on any atom is -0.462 e. The van der Waals surface area contributed by atoms with Crippen LogP contribution in [-0.4, -0.2) is 37.2 Å². The summed E-state index contributed by atoms with van der Waals surface area (Å²) in [7, 11) is 0. The molecule has 0 rings (SSSR count). The Kier molecular flexibility index (Phi) is 61.3. The zero-order valence-corrected chi connectivity index (χ0v) is 50.4. The molecule has 77 heavy (non-hydrogen) atoms. The Morgan fingerprint density at radius 2 is 0.506 bits per heavy atom. The van der Waals surface area contributed by atoms with Crippen LogP contribution in [0.2, 0.25) is 0 Å². The van der Waals surface area contributed by atoms with Crippen molar-refractivity contribution in [3.05, 3.63) is 109 Å². The lowest BCUT2D eigenvalue weighted by atomic mass is 10.0. The largest absolute Gasteiger partial charge is 0.462 e. The van der Waals surface area contributed by atoms with Crippen LogP contribution in [0.3, 0.4) is 0 Å². The molecule has 0 fully saturated rings. The number of ether oxygens (including phenoxy) is 3. The van der Waals surface area contributed by atoms with Gasteiger partial charge < -0.3 is 14.2 Å². The number of unbranched alkanes of at least 4 members (excludes halogenated alkanes) is 29. The van der Waals surface area contributed by atoms with E-state index < -0.39 is 6.10 Å². The van der Waals surface area contributed by atoms with Crippen LogP contribution >= 0.6 is 0 Å². The standard InChI is InChI=1S/C71H120O6/c1-4-7-10-13-16-18-20-22-24-26-27-28-29-30-31-32-33-34-35-36-37-38-39-40-41-42-43-45-46-48-50-52-55-58-61-64-70(73)76-67-68(66-75-69(72)63-60-57-54-15-12-9-6-3)77-71(74)65-62-59-56-53-51-49-47-44-25-23-21-19-17-14-11-8-5-2/h7-8,10-11,16-19,22-25,27-28,30-31,33-34,68H,4-6,9,12-15,20-21,26,29,32,35-67H2,1-3H3/b10-7-,11-8-,18-16-,19-17-,24-22-,25-23-,28-27-,31-30-,34-33-. The fourth-order valence-electron chi connectivity index (χ4n) is 8.99. The SMILES string of the molecule is CC/C=C\C/C=C\C/C=C\C/C=C\C/C=C\C/C=C\CCCCCCCCCCCCCCCCCCC(=O)OCC(COC(=O)CCCCCCCCC)OC(=O)CCCCCCCCC/C=C\C/C=C\C/C=C\CC. The molecule has 6 heteroatoms. The van der Waals surface area contributed by atoms with Crippen molar-refractivity contribution in [2.75, 3.05) is 13.2 Å². The summed E-state index contributed by atoms with van der Waals surface area (Å²) in [5, 5.41) is 0. The highest BCUT2D eigenvalue weighted by atomic mass is 16.6. The third-order valence-corrected chi connectivity index (χ3v) is 13.8. The summed E-state index contributed by atoms with van der Waals surface area (Å²) in [5.41, 5.74) is 0. The quantitative estimate of drug-likeness (QED) is 0.0261. The lowest BCUT2D eigenvalue weighted by Gasteiger charge is -2.18. The third kappa shape index (κ3) is 62.8. The van der Waals surface area contributed by atoms with Gasteiger partial charge in [-0.05, 0) is 103 Å². The fourth-order valence-corrected chi connectivity index (χ4v) is 8.99. The van der Waals surface area contributed by atoms with Crippen LogP contribution in [0, 0.1) is 0 Å². The summed E-state index contributed by atoms with van der Waals surface area (Å²) >= 11 is 0. The molecule has 0 N–H and O–H groups in total. The van der Waals surface area contributed by atoms with Gasteiger partial charge in [0.15, 0.2) is 6.10 Å². The number of rotatable bonds is 58. The molecule has 0 aliphatic heterocycles. The van der Waals surface area contributed by atoms with Crippen LogP contribution in [0.15, 0.2) is 109 Å². The molecule has 0 saturated heterocycles. The second kappa shape index (κ2) is 64.6. The maximum atomic E-state index is 12.8. The molecule has 0 heterocycles. The fraction of sp³-hybridized carbons (Fsp3) is 0.704. The molecule has 0 aromatic rings. The van der Waals surface area contributed by atoms with Gasteiger partial charge in [-0.25, -0.2) is 0 Å². The van der Waals surface area contributed by atoms with Gasteiger partial charge >= 0.3 is 17.9 Å². The van der Waals surface area contributed by atoms with Gasteiger partial charge in [0.25, 0.3) is 0 Å². The van der Waals surface area contributed by atoms with Crippen LogP contribution in [0.25, 0.3) is 0 Å². The van der Waals surface area contributed by atoms with Gasteiger partial charge in [0.1, 0.15) is 13.2 Å². The van der Waals surface area contributed by atoms with Gasteiger partial charge in [-0.1, -0.05) is 291 Å². The Morgan fingerprint density at radius 1 is 0.273 bits per heavy atom. The molecule has 6 nitrogen and oxygen atoms in total. The van der Waals surface area contributed by atoms with Crippen molar-refractivity contribution in [1.29, 1.82) is 0 Å². The maximum Gasteiger partial charge on any atom is 0.306 e. The van der Waals surface area contributed by atoms with Crippen molar-refractivity contribution in [3.63, 3.8) is 0 Å². The van der Waals surface area contributed by atoms with Crippen LogP contribution in [0.1, 0.15) is 303 Å². The number of allylic oxidation sites excluding steroid dienone is 18. The molecular formula is C71H120O6. The van der Waals surface area contributed by atoms with E-state index in [0.29, 0.717) is 19.3 Å². The molecule has 0 radical (unpaired) electrons. The minimum absolute atomic E-state index is 0.0792. The zero-order chi connectivity index (χ0) is 55.7. The van der Waals surface area contributed by atoms with Crippen LogP contribution in [0.5, 0.6) is 0 Å². The number of hydrogen-bond donors (Lipinski definition) is 0. The molecule has 0 spiro atoms. The summed E-state index contributed by atoms with van der Waals surface area (Å²) < 4.78 is 16.8. The second-order valence-electron chi connectivity index (χ2n) is 21.3. The average Bonchev–Trinajstić information content (AvgIpc) is 3.43. The summed E-state index contributed by atoms with van der Waals surface area (Å²) in [6.45, 7) is 6.38. The summed E-state index contributed by atoms with van der Waals surface area (Å²) in [5.74, 6) is -0.888. The van der Waals surface area contributed by atoms with Crippen LogP contribution < -0.4 is 0 Å². The lowest BCUT2D eigenvalue weighted by molar-refractivity contribution is -0.167. The van der Waals surface area contributed by atoms with Gasteiger partial charge in [0.05, 0.1) is 0 Å². The first-order chi connectivity index (χ1) is 38.0. The third-order valence-electron chi connectivity index (χ3n) is 13.8. The molecule has 0 aliphatic carbocycles. The van der Waals surface area contributed by atoms with E-state index in [4.69, 9.17) is 14.2 Å². The molecular weight excluding hydrogens is 949 g/mol. The molecule has 0 aromatic carbocycles. The summed E-state index contributed by atoms with van der Waals surface area (Å²) in [6.07, 6.45) is 88.5. The predicted molar refractivity (Wildman–Crippen MR) is 334 cm³/mol. The number of hydrogen-bond acceptors (Lipinski definition) is 6. The van der Waals surface area contributed by atoms with Crippen molar-refractivity contribution >= 4 is 17.9 Å². The van der Waals surface area contributed by atoms with Gasteiger partial charge in [-0.2, -0.15) is 0 Å². The normalized spacial score (nSPS) is 12.8. The van der Waals surface area contributed by atoms with Crippen molar-refractivity contribution in [3.8, 4) is 0 Å². The Balaban J connectivity index is 4.03. The molecule has 0 bridgehead atoms. The number of esters is 3. The van der Waals surface area contributed by atoms with Gasteiger partial charge in [0.2, 0.25) is 0 Å². The molecule has 0 amide bonds. The van der Waals surface area contributed by atoms with E-state index in [-0.39, 0.29) is 31.1 Å². The molecule has 0 aliphatic rings. The topological polar surface area (TPSA) is 78.9 Å². The minimum atomic E-state index is -0.780. The van der Waals surface area contributed by atoms with Crippen molar-refractivity contribution in [2.24, 2.45) is 0 Å². The number of carbonyl (C=O) groups excluding carboxylic acids is 3. The highest BCUT2D eigenvalue weighted by Crippen LogP contribution is 2.16. The van der Waals surface area contributed by atoms with E-state index in [1.165, 1.54) is 141 Å². The monoisotopic (exact) mass is 1070 g/mol.